The first-order valence-corrected chi connectivity index (χ1v) is 4.25. The topological polar surface area (TPSA) is 37.2 Å². The summed E-state index contributed by atoms with van der Waals surface area (Å²) in [5, 5.41) is 11.8. The molecule has 68 valence electrons. The molecule has 1 aromatic heterocycles. The number of hydrogen-bond acceptors (Lipinski definition) is 2. The van der Waals surface area contributed by atoms with Crippen molar-refractivity contribution in [2.45, 2.75) is 13.0 Å². The van der Waals surface area contributed by atoms with Crippen molar-refractivity contribution in [3.05, 3.63) is 24.0 Å². The molecule has 0 bridgehead atoms. The van der Waals surface area contributed by atoms with E-state index in [0.29, 0.717) is 0 Å². The summed E-state index contributed by atoms with van der Waals surface area (Å²) in [6.07, 6.45) is 4.95. The van der Waals surface area contributed by atoms with Gasteiger partial charge in [-0.05, 0) is 24.6 Å². The van der Waals surface area contributed by atoms with Crippen LogP contribution in [0.25, 0.3) is 0 Å². The summed E-state index contributed by atoms with van der Waals surface area (Å²) in [5.41, 5.74) is 1.29. The molecule has 3 heteroatoms. The van der Waals surface area contributed by atoms with Crippen LogP contribution in [0.4, 0.5) is 0 Å². The van der Waals surface area contributed by atoms with Crippen LogP contribution < -0.4 is 5.32 Å². The Kier molecular flexibility index (Phi) is 3.84. The maximum Gasteiger partial charge on any atom is 0.0443 e. The van der Waals surface area contributed by atoms with E-state index in [9.17, 15) is 0 Å². The number of hydrogen-bond donors (Lipinski definition) is 2. The van der Waals surface area contributed by atoms with E-state index in [2.05, 4.69) is 17.6 Å². The molecule has 0 spiro atoms. The maximum atomic E-state index is 8.52. The monoisotopic (exact) mass is 168 g/mol. The molecule has 1 aromatic rings. The van der Waals surface area contributed by atoms with Crippen molar-refractivity contribution in [3.63, 3.8) is 0 Å². The molecule has 0 aliphatic heterocycles. The van der Waals surface area contributed by atoms with Gasteiger partial charge in [-0.25, -0.2) is 0 Å². The van der Waals surface area contributed by atoms with Crippen LogP contribution in [-0.4, -0.2) is 22.8 Å². The van der Waals surface area contributed by atoms with Crippen molar-refractivity contribution in [2.24, 2.45) is 7.05 Å². The molecule has 0 aliphatic rings. The van der Waals surface area contributed by atoms with E-state index in [-0.39, 0.29) is 6.61 Å². The second-order valence-electron chi connectivity index (χ2n) is 2.94. The Labute approximate surface area is 73.0 Å². The fraction of sp³-hybridized carbons (Fsp3) is 0.556. The van der Waals surface area contributed by atoms with Crippen molar-refractivity contribution >= 4 is 0 Å². The van der Waals surface area contributed by atoms with Crippen molar-refractivity contribution in [1.82, 2.24) is 9.88 Å². The van der Waals surface area contributed by atoms with Gasteiger partial charge in [0.05, 0.1) is 0 Å². The van der Waals surface area contributed by atoms with Gasteiger partial charge in [0.1, 0.15) is 0 Å². The Hall–Kier alpha value is -0.800. The van der Waals surface area contributed by atoms with E-state index in [0.717, 1.165) is 19.5 Å². The van der Waals surface area contributed by atoms with Gasteiger partial charge in [0.2, 0.25) is 0 Å². The lowest BCUT2D eigenvalue weighted by Gasteiger charge is -2.00. The van der Waals surface area contributed by atoms with Crippen molar-refractivity contribution in [2.75, 3.05) is 13.2 Å². The van der Waals surface area contributed by atoms with Crippen LogP contribution in [-0.2, 0) is 13.6 Å². The molecule has 0 fully saturated rings. The minimum Gasteiger partial charge on any atom is -0.396 e. The Morgan fingerprint density at radius 3 is 3.00 bits per heavy atom. The first kappa shape index (κ1) is 9.29. The number of aromatic nitrogens is 1. The Morgan fingerprint density at radius 2 is 2.42 bits per heavy atom. The van der Waals surface area contributed by atoms with Crippen LogP contribution in [0, 0.1) is 0 Å². The third-order valence-corrected chi connectivity index (χ3v) is 1.73. The first-order valence-electron chi connectivity index (χ1n) is 4.25. The normalized spacial score (nSPS) is 10.5. The van der Waals surface area contributed by atoms with Crippen LogP contribution in [0.15, 0.2) is 18.5 Å². The molecule has 1 heterocycles. The highest BCUT2D eigenvalue weighted by Gasteiger charge is 1.92. The number of aliphatic hydroxyl groups is 1. The Bertz CT molecular complexity index is 220. The molecular formula is C9H16N2O. The summed E-state index contributed by atoms with van der Waals surface area (Å²) in [6.45, 7) is 2.04. The average molecular weight is 168 g/mol. The minimum atomic E-state index is 0.266. The molecule has 0 unspecified atom stereocenters. The Balaban J connectivity index is 2.15. The van der Waals surface area contributed by atoms with Gasteiger partial charge in [0.15, 0.2) is 0 Å². The molecule has 3 nitrogen and oxygen atoms in total. The molecule has 0 aromatic carbocycles. The van der Waals surface area contributed by atoms with Crippen LogP contribution in [0.1, 0.15) is 12.0 Å². The zero-order valence-electron chi connectivity index (χ0n) is 7.45. The lowest BCUT2D eigenvalue weighted by Crippen LogP contribution is -2.15. The number of rotatable bonds is 5. The van der Waals surface area contributed by atoms with Gasteiger partial charge >= 0.3 is 0 Å². The van der Waals surface area contributed by atoms with E-state index >= 15 is 0 Å². The third-order valence-electron chi connectivity index (χ3n) is 1.73. The summed E-state index contributed by atoms with van der Waals surface area (Å²) in [4.78, 5) is 0. The SMILES string of the molecule is Cn1ccc(CNCCCO)c1. The summed E-state index contributed by atoms with van der Waals surface area (Å²) in [7, 11) is 2.01. The zero-order chi connectivity index (χ0) is 8.81. The highest BCUT2D eigenvalue weighted by atomic mass is 16.3. The predicted molar refractivity (Wildman–Crippen MR) is 48.8 cm³/mol. The van der Waals surface area contributed by atoms with Gasteiger partial charge in [0.25, 0.3) is 0 Å². The fourth-order valence-corrected chi connectivity index (χ4v) is 1.10. The molecule has 0 aliphatic carbocycles. The highest BCUT2D eigenvalue weighted by molar-refractivity contribution is 5.09. The lowest BCUT2D eigenvalue weighted by molar-refractivity contribution is 0.286. The molecule has 0 radical (unpaired) electrons. The van der Waals surface area contributed by atoms with Crippen LogP contribution in [0.3, 0.4) is 0 Å². The summed E-state index contributed by atoms with van der Waals surface area (Å²) >= 11 is 0. The smallest absolute Gasteiger partial charge is 0.0443 e. The Morgan fingerprint density at radius 1 is 1.58 bits per heavy atom. The van der Waals surface area contributed by atoms with E-state index in [4.69, 9.17) is 5.11 Å². The molecule has 1 rings (SSSR count). The number of aliphatic hydroxyl groups excluding tert-OH is 1. The summed E-state index contributed by atoms with van der Waals surface area (Å²) in [6, 6.07) is 2.09. The highest BCUT2D eigenvalue weighted by Crippen LogP contribution is 1.97. The molecule has 0 saturated carbocycles. The quantitative estimate of drug-likeness (QED) is 0.628. The van der Waals surface area contributed by atoms with E-state index in [1.165, 1.54) is 5.56 Å². The van der Waals surface area contributed by atoms with E-state index in [1.807, 2.05) is 17.8 Å². The van der Waals surface area contributed by atoms with Crippen LogP contribution in [0.5, 0.6) is 0 Å². The maximum absolute atomic E-state index is 8.52. The number of aryl methyl sites for hydroxylation is 1. The van der Waals surface area contributed by atoms with Crippen molar-refractivity contribution in [3.8, 4) is 0 Å². The largest absolute Gasteiger partial charge is 0.396 e. The standard InChI is InChI=1S/C9H16N2O/c1-11-5-3-9(8-11)7-10-4-2-6-12/h3,5,8,10,12H,2,4,6-7H2,1H3. The second-order valence-corrected chi connectivity index (χ2v) is 2.94. The molecule has 2 N–H and O–H groups in total. The zero-order valence-corrected chi connectivity index (χ0v) is 7.45. The van der Waals surface area contributed by atoms with Gasteiger partial charge in [-0.2, -0.15) is 0 Å². The molecule has 0 saturated heterocycles. The first-order chi connectivity index (χ1) is 5.83. The summed E-state index contributed by atoms with van der Waals surface area (Å²) in [5.74, 6) is 0. The second kappa shape index (κ2) is 4.95. The molecule has 0 atom stereocenters. The molecular weight excluding hydrogens is 152 g/mol. The van der Waals surface area contributed by atoms with Crippen molar-refractivity contribution < 1.29 is 5.11 Å². The minimum absolute atomic E-state index is 0.266. The van der Waals surface area contributed by atoms with Gasteiger partial charge < -0.3 is 15.0 Å². The molecule has 0 amide bonds. The third kappa shape index (κ3) is 3.07. The number of nitrogens with zero attached hydrogens (tertiary/aromatic N) is 1. The van der Waals surface area contributed by atoms with E-state index in [1.54, 1.807) is 0 Å². The summed E-state index contributed by atoms with van der Waals surface area (Å²) < 4.78 is 2.03. The predicted octanol–water partition coefficient (Wildman–Crippen LogP) is 0.497. The van der Waals surface area contributed by atoms with Crippen molar-refractivity contribution in [1.29, 1.82) is 0 Å². The van der Waals surface area contributed by atoms with Gasteiger partial charge in [0, 0.05) is 32.6 Å². The van der Waals surface area contributed by atoms with Crippen LogP contribution in [0.2, 0.25) is 0 Å². The van der Waals surface area contributed by atoms with Gasteiger partial charge in [-0.15, -0.1) is 0 Å². The lowest BCUT2D eigenvalue weighted by atomic mass is 10.3. The number of nitrogens with one attached hydrogen (secondary N) is 1. The molecule has 12 heavy (non-hydrogen) atoms. The van der Waals surface area contributed by atoms with Gasteiger partial charge in [-0.1, -0.05) is 0 Å². The fourth-order valence-electron chi connectivity index (χ4n) is 1.10. The van der Waals surface area contributed by atoms with Crippen LogP contribution >= 0.6 is 0 Å². The average Bonchev–Trinajstić information content (AvgIpc) is 2.45. The van der Waals surface area contributed by atoms with Gasteiger partial charge in [-0.3, -0.25) is 0 Å². The van der Waals surface area contributed by atoms with E-state index < -0.39 is 0 Å².